The van der Waals surface area contributed by atoms with Gasteiger partial charge in [0.1, 0.15) is 0 Å². The summed E-state index contributed by atoms with van der Waals surface area (Å²) in [5.41, 5.74) is 6.58. The van der Waals surface area contributed by atoms with Gasteiger partial charge < -0.3 is 5.73 Å². The first-order valence-electron chi connectivity index (χ1n) is 5.77. The number of hydrogen-bond acceptors (Lipinski definition) is 1. The second-order valence-electron chi connectivity index (χ2n) is 4.04. The zero-order valence-electron chi connectivity index (χ0n) is 9.68. The Bertz CT molecular complexity index is 306. The fourth-order valence-corrected chi connectivity index (χ4v) is 1.68. The molecule has 2 N–H and O–H groups in total. The maximum Gasteiger partial charge on any atom is 0.273 e. The monoisotopic (exact) mass is 227 g/mol. The predicted molar refractivity (Wildman–Crippen MR) is 62.6 cm³/mol. The molecule has 1 aromatic carbocycles. The molecule has 1 aromatic rings. The van der Waals surface area contributed by atoms with Crippen molar-refractivity contribution in [2.45, 2.75) is 38.5 Å². The van der Waals surface area contributed by atoms with Crippen LogP contribution in [0.5, 0.6) is 0 Å². The SMILES string of the molecule is CCCC(F)(F)c1ccc(CCCN)cc1. The molecule has 0 aliphatic heterocycles. The van der Waals surface area contributed by atoms with Crippen molar-refractivity contribution < 1.29 is 8.78 Å². The van der Waals surface area contributed by atoms with E-state index < -0.39 is 5.92 Å². The zero-order chi connectivity index (χ0) is 12.0. The third kappa shape index (κ3) is 3.56. The van der Waals surface area contributed by atoms with Crippen LogP contribution in [0.25, 0.3) is 0 Å². The number of hydrogen-bond donors (Lipinski definition) is 1. The molecular weight excluding hydrogens is 208 g/mol. The first-order valence-corrected chi connectivity index (χ1v) is 5.77. The Morgan fingerprint density at radius 1 is 1.19 bits per heavy atom. The van der Waals surface area contributed by atoms with Crippen LogP contribution in [-0.4, -0.2) is 6.54 Å². The molecule has 0 unspecified atom stereocenters. The number of aryl methyl sites for hydroxylation is 1. The lowest BCUT2D eigenvalue weighted by atomic mass is 10.0. The van der Waals surface area contributed by atoms with Gasteiger partial charge in [0.2, 0.25) is 0 Å². The van der Waals surface area contributed by atoms with Gasteiger partial charge >= 0.3 is 0 Å². The van der Waals surface area contributed by atoms with Crippen LogP contribution in [0.3, 0.4) is 0 Å². The van der Waals surface area contributed by atoms with Gasteiger partial charge in [-0.15, -0.1) is 0 Å². The summed E-state index contributed by atoms with van der Waals surface area (Å²) in [5, 5.41) is 0. The zero-order valence-corrected chi connectivity index (χ0v) is 9.68. The van der Waals surface area contributed by atoms with Crippen LogP contribution in [0.4, 0.5) is 8.78 Å². The summed E-state index contributed by atoms with van der Waals surface area (Å²) in [5.74, 6) is -2.69. The lowest BCUT2D eigenvalue weighted by Crippen LogP contribution is -2.12. The summed E-state index contributed by atoms with van der Waals surface area (Å²) >= 11 is 0. The maximum atomic E-state index is 13.5. The highest BCUT2D eigenvalue weighted by Gasteiger charge is 2.29. The van der Waals surface area contributed by atoms with E-state index in [1.165, 1.54) is 12.1 Å². The molecule has 16 heavy (non-hydrogen) atoms. The normalized spacial score (nSPS) is 11.8. The third-order valence-electron chi connectivity index (χ3n) is 2.61. The molecule has 0 spiro atoms. The standard InChI is InChI=1S/C13H19F2N/c1-2-9-13(14,15)12-7-5-11(6-8-12)4-3-10-16/h5-8H,2-4,9-10,16H2,1H3. The molecule has 0 saturated heterocycles. The van der Waals surface area contributed by atoms with Gasteiger partial charge in [0.15, 0.2) is 0 Å². The van der Waals surface area contributed by atoms with Crippen molar-refractivity contribution in [1.82, 2.24) is 0 Å². The molecule has 3 heteroatoms. The summed E-state index contributed by atoms with van der Waals surface area (Å²) in [6, 6.07) is 6.60. The Hall–Kier alpha value is -0.960. The van der Waals surface area contributed by atoms with E-state index in [1.807, 2.05) is 0 Å². The lowest BCUT2D eigenvalue weighted by Gasteiger charge is -2.16. The van der Waals surface area contributed by atoms with Gasteiger partial charge in [0, 0.05) is 12.0 Å². The molecule has 0 aromatic heterocycles. The molecule has 0 aliphatic carbocycles. The second kappa shape index (κ2) is 5.94. The quantitative estimate of drug-likeness (QED) is 0.791. The van der Waals surface area contributed by atoms with Gasteiger partial charge in [0.05, 0.1) is 0 Å². The van der Waals surface area contributed by atoms with Gasteiger partial charge in [0.25, 0.3) is 5.92 Å². The summed E-state index contributed by atoms with van der Waals surface area (Å²) in [6.07, 6.45) is 2.15. The molecule has 0 atom stereocenters. The van der Waals surface area contributed by atoms with Crippen LogP contribution in [0.15, 0.2) is 24.3 Å². The Labute approximate surface area is 95.7 Å². The molecule has 0 saturated carbocycles. The summed E-state index contributed by atoms with van der Waals surface area (Å²) in [6.45, 7) is 2.40. The Morgan fingerprint density at radius 2 is 1.81 bits per heavy atom. The minimum atomic E-state index is -2.69. The molecule has 0 fully saturated rings. The fraction of sp³-hybridized carbons (Fsp3) is 0.538. The van der Waals surface area contributed by atoms with Crippen LogP contribution in [0.1, 0.15) is 37.3 Å². The highest BCUT2D eigenvalue weighted by Crippen LogP contribution is 2.32. The van der Waals surface area contributed by atoms with E-state index in [9.17, 15) is 8.78 Å². The smallest absolute Gasteiger partial charge is 0.273 e. The third-order valence-corrected chi connectivity index (χ3v) is 2.61. The Morgan fingerprint density at radius 3 is 2.31 bits per heavy atom. The highest BCUT2D eigenvalue weighted by atomic mass is 19.3. The highest BCUT2D eigenvalue weighted by molar-refractivity contribution is 5.25. The number of alkyl halides is 2. The van der Waals surface area contributed by atoms with Crippen LogP contribution >= 0.6 is 0 Å². The Kier molecular flexibility index (Phi) is 4.87. The van der Waals surface area contributed by atoms with Gasteiger partial charge in [-0.05, 0) is 24.9 Å². The van der Waals surface area contributed by atoms with Crippen molar-refractivity contribution in [1.29, 1.82) is 0 Å². The first-order chi connectivity index (χ1) is 7.60. The van der Waals surface area contributed by atoms with Crippen molar-refractivity contribution in [3.8, 4) is 0 Å². The second-order valence-corrected chi connectivity index (χ2v) is 4.04. The van der Waals surface area contributed by atoms with Gasteiger partial charge in [-0.2, -0.15) is 0 Å². The molecule has 0 aliphatic rings. The Balaban J connectivity index is 2.70. The van der Waals surface area contributed by atoms with E-state index in [0.29, 0.717) is 13.0 Å². The lowest BCUT2D eigenvalue weighted by molar-refractivity contribution is -0.0140. The first kappa shape index (κ1) is 13.1. The summed E-state index contributed by atoms with van der Waals surface area (Å²) in [7, 11) is 0. The van der Waals surface area contributed by atoms with Crippen molar-refractivity contribution in [3.63, 3.8) is 0 Å². The summed E-state index contributed by atoms with van der Waals surface area (Å²) in [4.78, 5) is 0. The van der Waals surface area contributed by atoms with E-state index >= 15 is 0 Å². The molecule has 0 heterocycles. The topological polar surface area (TPSA) is 26.0 Å². The van der Waals surface area contributed by atoms with E-state index in [2.05, 4.69) is 0 Å². The van der Waals surface area contributed by atoms with Crippen molar-refractivity contribution in [3.05, 3.63) is 35.4 Å². The molecular formula is C13H19F2N. The number of benzene rings is 1. The average Bonchev–Trinajstić information content (AvgIpc) is 2.27. The van der Waals surface area contributed by atoms with Crippen molar-refractivity contribution in [2.75, 3.05) is 6.54 Å². The molecule has 0 radical (unpaired) electrons. The fourth-order valence-electron chi connectivity index (χ4n) is 1.68. The largest absolute Gasteiger partial charge is 0.330 e. The van der Waals surface area contributed by atoms with E-state index in [1.54, 1.807) is 19.1 Å². The molecule has 90 valence electrons. The van der Waals surface area contributed by atoms with Crippen LogP contribution in [-0.2, 0) is 12.3 Å². The van der Waals surface area contributed by atoms with Crippen LogP contribution in [0.2, 0.25) is 0 Å². The van der Waals surface area contributed by atoms with Crippen molar-refractivity contribution >= 4 is 0 Å². The van der Waals surface area contributed by atoms with Gasteiger partial charge in [-0.1, -0.05) is 37.6 Å². The summed E-state index contributed by atoms with van der Waals surface area (Å²) < 4.78 is 27.0. The van der Waals surface area contributed by atoms with E-state index in [4.69, 9.17) is 5.73 Å². The minimum absolute atomic E-state index is 0.0881. The molecule has 1 rings (SSSR count). The molecule has 0 amide bonds. The van der Waals surface area contributed by atoms with Gasteiger partial charge in [-0.3, -0.25) is 0 Å². The number of rotatable bonds is 6. The maximum absolute atomic E-state index is 13.5. The van der Waals surface area contributed by atoms with Gasteiger partial charge in [-0.25, -0.2) is 8.78 Å². The molecule has 0 bridgehead atoms. The molecule has 1 nitrogen and oxygen atoms in total. The number of halogens is 2. The minimum Gasteiger partial charge on any atom is -0.330 e. The predicted octanol–water partition coefficient (Wildman–Crippen LogP) is 3.47. The van der Waals surface area contributed by atoms with Crippen LogP contribution < -0.4 is 5.73 Å². The van der Waals surface area contributed by atoms with Crippen molar-refractivity contribution in [2.24, 2.45) is 5.73 Å². The van der Waals surface area contributed by atoms with E-state index in [0.717, 1.165) is 18.4 Å². The average molecular weight is 227 g/mol. The number of nitrogens with two attached hydrogens (primary N) is 1. The van der Waals surface area contributed by atoms with E-state index in [-0.39, 0.29) is 12.0 Å². The van der Waals surface area contributed by atoms with Crippen LogP contribution in [0, 0.1) is 0 Å².